The van der Waals surface area contributed by atoms with Gasteiger partial charge < -0.3 is 14.5 Å². The van der Waals surface area contributed by atoms with Crippen molar-refractivity contribution in [1.29, 1.82) is 0 Å². The second kappa shape index (κ2) is 7.93. The maximum Gasteiger partial charge on any atom is 0.128 e. The average molecular weight is 330 g/mol. The van der Waals surface area contributed by atoms with Gasteiger partial charge >= 0.3 is 0 Å². The number of nitrogens with one attached hydrogen (secondary N) is 1. The fraction of sp³-hybridized carbons (Fsp3) is 0.263. The molecule has 0 radical (unpaired) electrons. The first-order valence-corrected chi connectivity index (χ1v) is 8.28. The number of rotatable bonds is 8. The monoisotopic (exact) mass is 329 g/mol. The molecule has 0 fully saturated rings. The lowest BCUT2D eigenvalue weighted by atomic mass is 10.2. The third-order valence-electron chi connectivity index (χ3n) is 3.68. The first kappa shape index (κ1) is 15.8. The van der Waals surface area contributed by atoms with Crippen LogP contribution in [0.1, 0.15) is 19.3 Å². The maximum atomic E-state index is 5.88. The summed E-state index contributed by atoms with van der Waals surface area (Å²) in [4.78, 5) is 3.19. The van der Waals surface area contributed by atoms with Gasteiger partial charge in [0.2, 0.25) is 0 Å². The van der Waals surface area contributed by atoms with Crippen LogP contribution in [0.15, 0.2) is 54.7 Å². The minimum atomic E-state index is 0.717. The molecule has 0 saturated carbocycles. The molecule has 0 aliphatic rings. The minimum Gasteiger partial charge on any atom is -0.494 e. The molecule has 0 saturated heterocycles. The SMILES string of the molecule is Clc1ccc(OCCCCCOc2cccc3[nH]ccc23)cc1. The zero-order valence-electron chi connectivity index (χ0n) is 12.9. The van der Waals surface area contributed by atoms with Crippen LogP contribution in [0.2, 0.25) is 5.02 Å². The second-order valence-electron chi connectivity index (χ2n) is 5.41. The highest BCUT2D eigenvalue weighted by molar-refractivity contribution is 6.30. The zero-order valence-corrected chi connectivity index (χ0v) is 13.7. The summed E-state index contributed by atoms with van der Waals surface area (Å²) in [5.41, 5.74) is 1.11. The summed E-state index contributed by atoms with van der Waals surface area (Å²) in [6, 6.07) is 15.6. The molecule has 2 aromatic carbocycles. The van der Waals surface area contributed by atoms with Crippen LogP contribution in [-0.4, -0.2) is 18.2 Å². The highest BCUT2D eigenvalue weighted by Gasteiger charge is 2.02. The van der Waals surface area contributed by atoms with Gasteiger partial charge in [0.05, 0.1) is 13.2 Å². The molecule has 4 heteroatoms. The first-order valence-electron chi connectivity index (χ1n) is 7.90. The van der Waals surface area contributed by atoms with E-state index in [0.29, 0.717) is 0 Å². The summed E-state index contributed by atoms with van der Waals surface area (Å²) in [5.74, 6) is 1.81. The fourth-order valence-corrected chi connectivity index (χ4v) is 2.59. The Balaban J connectivity index is 1.33. The number of H-pyrrole nitrogens is 1. The van der Waals surface area contributed by atoms with Crippen LogP contribution in [0.3, 0.4) is 0 Å². The Kier molecular flexibility index (Phi) is 5.43. The Bertz CT molecular complexity index is 736. The molecule has 3 nitrogen and oxygen atoms in total. The molecule has 1 N–H and O–H groups in total. The molecule has 23 heavy (non-hydrogen) atoms. The van der Waals surface area contributed by atoms with Crippen LogP contribution in [-0.2, 0) is 0 Å². The van der Waals surface area contributed by atoms with Gasteiger partial charge in [0.15, 0.2) is 0 Å². The van der Waals surface area contributed by atoms with E-state index in [0.717, 1.165) is 59.9 Å². The third kappa shape index (κ3) is 4.42. The summed E-state index contributed by atoms with van der Waals surface area (Å²) in [5, 5.41) is 1.87. The van der Waals surface area contributed by atoms with Crippen LogP contribution in [0.25, 0.3) is 10.9 Å². The standard InChI is InChI=1S/C19H20ClNO2/c20-15-7-9-16(10-8-15)22-13-2-1-3-14-23-19-6-4-5-18-17(19)11-12-21-18/h4-12,21H,1-3,13-14H2. The van der Waals surface area contributed by atoms with Crippen molar-refractivity contribution in [1.82, 2.24) is 4.98 Å². The fourth-order valence-electron chi connectivity index (χ4n) is 2.47. The molecule has 0 unspecified atom stereocenters. The van der Waals surface area contributed by atoms with Crippen LogP contribution in [0, 0.1) is 0 Å². The summed E-state index contributed by atoms with van der Waals surface area (Å²) < 4.78 is 11.5. The molecule has 0 atom stereocenters. The maximum absolute atomic E-state index is 5.88. The molecule has 0 spiro atoms. The molecule has 1 aromatic heterocycles. The highest BCUT2D eigenvalue weighted by Crippen LogP contribution is 2.24. The topological polar surface area (TPSA) is 34.2 Å². The van der Waals surface area contributed by atoms with Crippen molar-refractivity contribution < 1.29 is 9.47 Å². The Labute approximate surface area is 141 Å². The third-order valence-corrected chi connectivity index (χ3v) is 3.94. The molecule has 0 bridgehead atoms. The van der Waals surface area contributed by atoms with E-state index in [1.54, 1.807) is 0 Å². The summed E-state index contributed by atoms with van der Waals surface area (Å²) in [6.45, 7) is 1.44. The molecular formula is C19H20ClNO2. The number of aromatic amines is 1. The number of benzene rings is 2. The van der Waals surface area contributed by atoms with E-state index < -0.39 is 0 Å². The van der Waals surface area contributed by atoms with Gasteiger partial charge in [-0.3, -0.25) is 0 Å². The van der Waals surface area contributed by atoms with Crippen LogP contribution < -0.4 is 9.47 Å². The number of unbranched alkanes of at least 4 members (excludes halogenated alkanes) is 2. The Morgan fingerprint density at radius 3 is 2.43 bits per heavy atom. The van der Waals surface area contributed by atoms with Gasteiger partial charge in [-0.25, -0.2) is 0 Å². The number of ether oxygens (including phenoxy) is 2. The lowest BCUT2D eigenvalue weighted by Gasteiger charge is -2.08. The smallest absolute Gasteiger partial charge is 0.128 e. The van der Waals surface area contributed by atoms with Crippen molar-refractivity contribution in [2.24, 2.45) is 0 Å². The van der Waals surface area contributed by atoms with E-state index in [1.165, 1.54) is 0 Å². The van der Waals surface area contributed by atoms with Gasteiger partial charge in [-0.05, 0) is 61.7 Å². The van der Waals surface area contributed by atoms with Gasteiger partial charge in [0, 0.05) is 22.1 Å². The van der Waals surface area contributed by atoms with Crippen molar-refractivity contribution in [3.63, 3.8) is 0 Å². The van der Waals surface area contributed by atoms with E-state index in [1.807, 2.05) is 48.7 Å². The second-order valence-corrected chi connectivity index (χ2v) is 5.84. The predicted molar refractivity (Wildman–Crippen MR) is 94.6 cm³/mol. The lowest BCUT2D eigenvalue weighted by Crippen LogP contribution is -2.01. The summed E-state index contributed by atoms with van der Waals surface area (Å²) in [6.07, 6.45) is 5.05. The average Bonchev–Trinajstić information content (AvgIpc) is 3.05. The zero-order chi connectivity index (χ0) is 15.9. The van der Waals surface area contributed by atoms with Crippen molar-refractivity contribution in [3.8, 4) is 11.5 Å². The molecule has 1 heterocycles. The van der Waals surface area contributed by atoms with Gasteiger partial charge in [-0.2, -0.15) is 0 Å². The summed E-state index contributed by atoms with van der Waals surface area (Å²) >= 11 is 5.84. The van der Waals surface area contributed by atoms with E-state index in [-0.39, 0.29) is 0 Å². The van der Waals surface area contributed by atoms with Gasteiger partial charge in [-0.15, -0.1) is 0 Å². The van der Waals surface area contributed by atoms with E-state index in [2.05, 4.69) is 11.1 Å². The minimum absolute atomic E-state index is 0.717. The van der Waals surface area contributed by atoms with Gasteiger partial charge in [-0.1, -0.05) is 17.7 Å². The largest absolute Gasteiger partial charge is 0.494 e. The first-order chi connectivity index (χ1) is 11.3. The van der Waals surface area contributed by atoms with Crippen molar-refractivity contribution in [2.75, 3.05) is 13.2 Å². The van der Waals surface area contributed by atoms with Crippen molar-refractivity contribution >= 4 is 22.5 Å². The molecule has 0 amide bonds. The summed E-state index contributed by atoms with van der Waals surface area (Å²) in [7, 11) is 0. The van der Waals surface area contributed by atoms with Crippen LogP contribution in [0.5, 0.6) is 11.5 Å². The Morgan fingerprint density at radius 2 is 1.61 bits per heavy atom. The van der Waals surface area contributed by atoms with E-state index in [9.17, 15) is 0 Å². The molecular weight excluding hydrogens is 310 g/mol. The van der Waals surface area contributed by atoms with Gasteiger partial charge in [0.25, 0.3) is 0 Å². The molecule has 3 rings (SSSR count). The number of aromatic nitrogens is 1. The molecule has 120 valence electrons. The number of hydrogen-bond acceptors (Lipinski definition) is 2. The molecule has 0 aliphatic heterocycles. The van der Waals surface area contributed by atoms with Crippen molar-refractivity contribution in [2.45, 2.75) is 19.3 Å². The van der Waals surface area contributed by atoms with Gasteiger partial charge in [0.1, 0.15) is 11.5 Å². The quantitative estimate of drug-likeness (QED) is 0.558. The predicted octanol–water partition coefficient (Wildman–Crippen LogP) is 5.45. The van der Waals surface area contributed by atoms with Crippen LogP contribution in [0.4, 0.5) is 0 Å². The molecule has 3 aromatic rings. The van der Waals surface area contributed by atoms with E-state index in [4.69, 9.17) is 21.1 Å². The lowest BCUT2D eigenvalue weighted by molar-refractivity contribution is 0.281. The highest BCUT2D eigenvalue weighted by atomic mass is 35.5. The van der Waals surface area contributed by atoms with E-state index >= 15 is 0 Å². The van der Waals surface area contributed by atoms with Crippen LogP contribution >= 0.6 is 11.6 Å². The Hall–Kier alpha value is -2.13. The normalized spacial score (nSPS) is 10.8. The number of hydrogen-bond donors (Lipinski definition) is 1. The molecule has 0 aliphatic carbocycles. The Morgan fingerprint density at radius 1 is 0.826 bits per heavy atom. The number of halogens is 1. The number of fused-ring (bicyclic) bond motifs is 1. The van der Waals surface area contributed by atoms with Crippen molar-refractivity contribution in [3.05, 3.63) is 59.8 Å².